The lowest BCUT2D eigenvalue weighted by atomic mass is 9.67. The molecule has 2 aliphatic carbocycles. The first kappa shape index (κ1) is 16.9. The predicted octanol–water partition coefficient (Wildman–Crippen LogP) is 3.30. The van der Waals surface area contributed by atoms with Crippen molar-refractivity contribution in [2.75, 3.05) is 0 Å². The Labute approximate surface area is 139 Å². The number of nitrogens with one attached hydrogen (secondary N) is 1. The van der Waals surface area contributed by atoms with E-state index in [0.29, 0.717) is 24.2 Å². The molecule has 1 N–H and O–H groups in total. The molecule has 0 spiro atoms. The number of para-hydroxylation sites is 1. The Balaban J connectivity index is 1.59. The molecule has 1 amide bonds. The van der Waals surface area contributed by atoms with E-state index in [0.717, 1.165) is 19.3 Å². The van der Waals surface area contributed by atoms with Crippen molar-refractivity contribution in [2.45, 2.75) is 45.3 Å². The molecule has 2 saturated carbocycles. The van der Waals surface area contributed by atoms with Gasteiger partial charge < -0.3 is 10.1 Å². The Bertz CT molecular complexity index is 604. The number of benzene rings is 1. The highest BCUT2D eigenvalue weighted by Crippen LogP contribution is 2.40. The Morgan fingerprint density at radius 3 is 2.54 bits per heavy atom. The summed E-state index contributed by atoms with van der Waals surface area (Å²) in [7, 11) is 0. The molecular weight excluding hydrogens is 316 g/mol. The van der Waals surface area contributed by atoms with Crippen molar-refractivity contribution in [2.24, 2.45) is 17.8 Å². The summed E-state index contributed by atoms with van der Waals surface area (Å²) < 4.78 is 29.3. The standard InChI is InChI=1S/C18H21F2NO3/c19-18(20)24-15-7-2-1-4-13(15)10-21-17(23)14-8-11-5-3-6-12(9-14)16(11)22/h1-2,4,7,11-12,14,18H,3,5-6,8-10H2,(H,21,23)/t11-,12+,14?. The number of hydrogen-bond donors (Lipinski definition) is 1. The first-order valence-corrected chi connectivity index (χ1v) is 8.38. The van der Waals surface area contributed by atoms with E-state index in [2.05, 4.69) is 10.1 Å². The van der Waals surface area contributed by atoms with E-state index in [1.165, 1.54) is 6.07 Å². The third-order valence-corrected chi connectivity index (χ3v) is 5.06. The highest BCUT2D eigenvalue weighted by Gasteiger charge is 2.41. The topological polar surface area (TPSA) is 55.4 Å². The summed E-state index contributed by atoms with van der Waals surface area (Å²) in [6, 6.07) is 6.43. The number of amides is 1. The van der Waals surface area contributed by atoms with Crippen LogP contribution in [0.3, 0.4) is 0 Å². The molecule has 0 heterocycles. The number of carbonyl (C=O) groups is 2. The largest absolute Gasteiger partial charge is 0.434 e. The molecule has 2 bridgehead atoms. The third-order valence-electron chi connectivity index (χ3n) is 5.06. The van der Waals surface area contributed by atoms with Crippen LogP contribution in [0.5, 0.6) is 5.75 Å². The number of ketones is 1. The summed E-state index contributed by atoms with van der Waals surface area (Å²) in [4.78, 5) is 24.5. The van der Waals surface area contributed by atoms with Gasteiger partial charge in [0, 0.05) is 29.9 Å². The molecule has 3 rings (SSSR count). The minimum Gasteiger partial charge on any atom is -0.434 e. The second-order valence-corrected chi connectivity index (χ2v) is 6.60. The Morgan fingerprint density at radius 1 is 1.21 bits per heavy atom. The third kappa shape index (κ3) is 3.74. The molecule has 6 heteroatoms. The fraction of sp³-hybridized carbons (Fsp3) is 0.556. The van der Waals surface area contributed by atoms with E-state index in [-0.39, 0.29) is 36.0 Å². The van der Waals surface area contributed by atoms with E-state index >= 15 is 0 Å². The van der Waals surface area contributed by atoms with Crippen LogP contribution in [0.1, 0.15) is 37.7 Å². The fourth-order valence-corrected chi connectivity index (χ4v) is 3.88. The van der Waals surface area contributed by atoms with E-state index in [9.17, 15) is 18.4 Å². The summed E-state index contributed by atoms with van der Waals surface area (Å²) in [5.41, 5.74) is 0.512. The van der Waals surface area contributed by atoms with Gasteiger partial charge in [0.15, 0.2) is 0 Å². The lowest BCUT2D eigenvalue weighted by molar-refractivity contribution is -0.137. The fourth-order valence-electron chi connectivity index (χ4n) is 3.88. The van der Waals surface area contributed by atoms with E-state index in [1.807, 2.05) is 0 Å². The van der Waals surface area contributed by atoms with Crippen LogP contribution >= 0.6 is 0 Å². The minimum absolute atomic E-state index is 0.0164. The van der Waals surface area contributed by atoms with E-state index in [1.54, 1.807) is 18.2 Å². The zero-order valence-corrected chi connectivity index (χ0v) is 13.3. The number of Topliss-reactive ketones (excluding diaryl/α,β-unsaturated/α-hetero) is 1. The first-order chi connectivity index (χ1) is 11.5. The van der Waals surface area contributed by atoms with Crippen molar-refractivity contribution >= 4 is 11.7 Å². The lowest BCUT2D eigenvalue weighted by Crippen LogP contribution is -2.42. The average molecular weight is 337 g/mol. The summed E-state index contributed by atoms with van der Waals surface area (Å²) in [6.07, 6.45) is 4.04. The normalized spacial score (nSPS) is 26.3. The predicted molar refractivity (Wildman–Crippen MR) is 83.5 cm³/mol. The van der Waals surface area contributed by atoms with E-state index < -0.39 is 6.61 Å². The van der Waals surface area contributed by atoms with Crippen LogP contribution in [-0.2, 0) is 16.1 Å². The Morgan fingerprint density at radius 2 is 1.88 bits per heavy atom. The molecule has 2 fully saturated rings. The van der Waals surface area contributed by atoms with Gasteiger partial charge in [-0.1, -0.05) is 24.6 Å². The van der Waals surface area contributed by atoms with Gasteiger partial charge in [0.05, 0.1) is 0 Å². The van der Waals surface area contributed by atoms with Crippen molar-refractivity contribution in [3.8, 4) is 5.75 Å². The summed E-state index contributed by atoms with van der Waals surface area (Å²) in [6.45, 7) is -2.76. The molecule has 1 aromatic carbocycles. The maximum atomic E-state index is 12.4. The number of ether oxygens (including phenoxy) is 1. The van der Waals surface area contributed by atoms with Crippen LogP contribution in [0.2, 0.25) is 0 Å². The van der Waals surface area contributed by atoms with Gasteiger partial charge in [-0.15, -0.1) is 0 Å². The molecule has 3 atom stereocenters. The van der Waals surface area contributed by atoms with Gasteiger partial charge in [-0.3, -0.25) is 9.59 Å². The van der Waals surface area contributed by atoms with Crippen LogP contribution in [0.15, 0.2) is 24.3 Å². The van der Waals surface area contributed by atoms with Gasteiger partial charge in [-0.05, 0) is 31.7 Å². The number of carbonyl (C=O) groups excluding carboxylic acids is 2. The van der Waals surface area contributed by atoms with Crippen LogP contribution in [0.4, 0.5) is 8.78 Å². The van der Waals surface area contributed by atoms with Crippen molar-refractivity contribution in [3.05, 3.63) is 29.8 Å². The van der Waals surface area contributed by atoms with Crippen LogP contribution in [0.25, 0.3) is 0 Å². The molecule has 24 heavy (non-hydrogen) atoms. The van der Waals surface area contributed by atoms with Gasteiger partial charge in [-0.25, -0.2) is 0 Å². The van der Waals surface area contributed by atoms with Crippen molar-refractivity contribution in [1.29, 1.82) is 0 Å². The zero-order valence-electron chi connectivity index (χ0n) is 13.3. The number of halogens is 2. The van der Waals surface area contributed by atoms with Gasteiger partial charge >= 0.3 is 6.61 Å². The van der Waals surface area contributed by atoms with Crippen LogP contribution in [0, 0.1) is 17.8 Å². The summed E-state index contributed by atoms with van der Waals surface area (Å²) in [5, 5.41) is 2.81. The molecule has 0 aromatic heterocycles. The molecule has 2 aliphatic rings. The number of hydrogen-bond acceptors (Lipinski definition) is 3. The smallest absolute Gasteiger partial charge is 0.387 e. The van der Waals surface area contributed by atoms with Crippen LogP contribution < -0.4 is 10.1 Å². The highest BCUT2D eigenvalue weighted by atomic mass is 19.3. The quantitative estimate of drug-likeness (QED) is 0.897. The van der Waals surface area contributed by atoms with Crippen molar-refractivity contribution in [3.63, 3.8) is 0 Å². The zero-order chi connectivity index (χ0) is 17.1. The first-order valence-electron chi connectivity index (χ1n) is 8.38. The number of fused-ring (bicyclic) bond motifs is 2. The van der Waals surface area contributed by atoms with Crippen molar-refractivity contribution < 1.29 is 23.1 Å². The van der Waals surface area contributed by atoms with Gasteiger partial charge in [0.25, 0.3) is 0 Å². The van der Waals surface area contributed by atoms with Gasteiger partial charge in [0.1, 0.15) is 11.5 Å². The molecular formula is C18H21F2NO3. The maximum Gasteiger partial charge on any atom is 0.387 e. The molecule has 0 saturated heterocycles. The number of rotatable bonds is 5. The molecule has 1 unspecified atom stereocenters. The minimum atomic E-state index is -2.90. The SMILES string of the molecule is O=C(NCc1ccccc1OC(F)F)C1C[C@H]2CCC[C@@H](C1)C2=O. The monoisotopic (exact) mass is 337 g/mol. The maximum absolute atomic E-state index is 12.4. The Kier molecular flexibility index (Phi) is 5.11. The summed E-state index contributed by atoms with van der Waals surface area (Å²) in [5.74, 6) is 0.155. The molecule has 0 aliphatic heterocycles. The Hall–Kier alpha value is -1.98. The average Bonchev–Trinajstić information content (AvgIpc) is 2.53. The van der Waals surface area contributed by atoms with Crippen LogP contribution in [-0.4, -0.2) is 18.3 Å². The van der Waals surface area contributed by atoms with E-state index in [4.69, 9.17) is 0 Å². The lowest BCUT2D eigenvalue weighted by Gasteiger charge is -2.36. The summed E-state index contributed by atoms with van der Waals surface area (Å²) >= 11 is 0. The second kappa shape index (κ2) is 7.28. The highest BCUT2D eigenvalue weighted by molar-refractivity contribution is 5.88. The van der Waals surface area contributed by atoms with Crippen molar-refractivity contribution in [1.82, 2.24) is 5.32 Å². The van der Waals surface area contributed by atoms with Gasteiger partial charge in [0.2, 0.25) is 5.91 Å². The molecule has 1 aromatic rings. The molecule has 0 radical (unpaired) electrons. The number of alkyl halides is 2. The van der Waals surface area contributed by atoms with Gasteiger partial charge in [-0.2, -0.15) is 8.78 Å². The molecule has 4 nitrogen and oxygen atoms in total. The molecule has 130 valence electrons. The second-order valence-electron chi connectivity index (χ2n) is 6.60.